The molecular formula is C17H20N6O. The van der Waals surface area contributed by atoms with E-state index in [2.05, 4.69) is 43.5 Å². The van der Waals surface area contributed by atoms with Crippen molar-refractivity contribution in [3.05, 3.63) is 52.1 Å². The average Bonchev–Trinajstić information content (AvgIpc) is 3.03. The van der Waals surface area contributed by atoms with Gasteiger partial charge in [-0.15, -0.1) is 10.2 Å². The van der Waals surface area contributed by atoms with Crippen LogP contribution >= 0.6 is 0 Å². The summed E-state index contributed by atoms with van der Waals surface area (Å²) in [5, 5.41) is 9.18. The Morgan fingerprint density at radius 3 is 2.92 bits per heavy atom. The molecule has 7 nitrogen and oxygen atoms in total. The zero-order valence-corrected chi connectivity index (χ0v) is 13.9. The van der Waals surface area contributed by atoms with Gasteiger partial charge in [0.25, 0.3) is 5.56 Å². The quantitative estimate of drug-likeness (QED) is 0.792. The maximum Gasteiger partial charge on any atom is 0.258 e. The summed E-state index contributed by atoms with van der Waals surface area (Å²) >= 11 is 0. The maximum atomic E-state index is 12.3. The van der Waals surface area contributed by atoms with Gasteiger partial charge in [0.2, 0.25) is 0 Å². The highest BCUT2D eigenvalue weighted by Gasteiger charge is 2.26. The molecule has 1 N–H and O–H groups in total. The van der Waals surface area contributed by atoms with Crippen molar-refractivity contribution >= 4 is 10.9 Å². The Hall–Kier alpha value is -2.54. The van der Waals surface area contributed by atoms with E-state index in [4.69, 9.17) is 0 Å². The third kappa shape index (κ3) is 2.41. The third-order valence-electron chi connectivity index (χ3n) is 4.75. The van der Waals surface area contributed by atoms with Gasteiger partial charge in [-0.05, 0) is 19.1 Å². The Kier molecular flexibility index (Phi) is 3.65. The minimum atomic E-state index is -0.0871. The number of hydrogen-bond donors (Lipinski definition) is 1. The van der Waals surface area contributed by atoms with E-state index in [0.717, 1.165) is 36.7 Å². The monoisotopic (exact) mass is 324 g/mol. The minimum Gasteiger partial charge on any atom is -0.313 e. The summed E-state index contributed by atoms with van der Waals surface area (Å²) in [6.45, 7) is 6.63. The lowest BCUT2D eigenvalue weighted by Gasteiger charge is -2.32. The van der Waals surface area contributed by atoms with Crippen molar-refractivity contribution in [1.82, 2.24) is 29.6 Å². The van der Waals surface area contributed by atoms with E-state index in [9.17, 15) is 4.79 Å². The molecule has 1 aliphatic heterocycles. The molecule has 3 heterocycles. The summed E-state index contributed by atoms with van der Waals surface area (Å²) in [5.41, 5.74) is 0.646. The molecule has 1 unspecified atom stereocenters. The van der Waals surface area contributed by atoms with Gasteiger partial charge >= 0.3 is 0 Å². The normalized spacial score (nSPS) is 16.2. The molecule has 0 saturated heterocycles. The first-order chi connectivity index (χ1) is 11.7. The van der Waals surface area contributed by atoms with Crippen molar-refractivity contribution in [2.75, 3.05) is 6.54 Å². The van der Waals surface area contributed by atoms with Gasteiger partial charge in [0.1, 0.15) is 17.5 Å². The van der Waals surface area contributed by atoms with Crippen molar-refractivity contribution in [3.8, 4) is 0 Å². The fraction of sp³-hybridized carbons (Fsp3) is 0.412. The molecule has 0 fully saturated rings. The van der Waals surface area contributed by atoms with E-state index in [-0.39, 0.29) is 11.6 Å². The number of benzene rings is 1. The number of hydrogen-bond acceptors (Lipinski definition) is 5. The second-order valence-corrected chi connectivity index (χ2v) is 6.15. The lowest BCUT2D eigenvalue weighted by molar-refractivity contribution is 0.156. The highest BCUT2D eigenvalue weighted by molar-refractivity contribution is 5.77. The first kappa shape index (κ1) is 15.0. The van der Waals surface area contributed by atoms with Crippen molar-refractivity contribution in [3.63, 3.8) is 0 Å². The third-order valence-corrected chi connectivity index (χ3v) is 4.75. The number of aromatic amines is 1. The molecule has 1 aliphatic rings. The number of para-hydroxylation sites is 1. The van der Waals surface area contributed by atoms with Crippen molar-refractivity contribution in [2.45, 2.75) is 39.4 Å². The SMILES string of the molecule is CCc1nnc2n1CCN(C(C)c1nc3ccccc3c(=O)[nH]1)C2. The molecule has 0 amide bonds. The van der Waals surface area contributed by atoms with Crippen LogP contribution in [0.1, 0.15) is 37.4 Å². The molecule has 1 aromatic carbocycles. The fourth-order valence-electron chi connectivity index (χ4n) is 3.30. The van der Waals surface area contributed by atoms with Crippen LogP contribution in [0.5, 0.6) is 0 Å². The largest absolute Gasteiger partial charge is 0.313 e. The van der Waals surface area contributed by atoms with Crippen LogP contribution < -0.4 is 5.56 Å². The highest BCUT2D eigenvalue weighted by atomic mass is 16.1. The van der Waals surface area contributed by atoms with Gasteiger partial charge in [-0.2, -0.15) is 0 Å². The number of nitrogens with one attached hydrogen (secondary N) is 1. The highest BCUT2D eigenvalue weighted by Crippen LogP contribution is 2.23. The van der Waals surface area contributed by atoms with E-state index >= 15 is 0 Å². The maximum absolute atomic E-state index is 12.3. The molecule has 124 valence electrons. The van der Waals surface area contributed by atoms with Crippen molar-refractivity contribution in [1.29, 1.82) is 0 Å². The van der Waals surface area contributed by atoms with Crippen LogP contribution in [0.2, 0.25) is 0 Å². The molecule has 1 atom stereocenters. The first-order valence-electron chi connectivity index (χ1n) is 8.31. The smallest absolute Gasteiger partial charge is 0.258 e. The molecule has 0 radical (unpaired) electrons. The Morgan fingerprint density at radius 1 is 1.25 bits per heavy atom. The lowest BCUT2D eigenvalue weighted by Crippen LogP contribution is -2.37. The van der Waals surface area contributed by atoms with Crippen LogP contribution in [0.15, 0.2) is 29.1 Å². The number of rotatable bonds is 3. The number of aromatic nitrogens is 5. The Bertz CT molecular complexity index is 944. The molecule has 24 heavy (non-hydrogen) atoms. The standard InChI is InChI=1S/C17H20N6O/c1-3-14-20-21-15-10-22(8-9-23(14)15)11(2)16-18-13-7-5-4-6-12(13)17(24)19-16/h4-7,11H,3,8-10H2,1-2H3,(H,18,19,24). The van der Waals surface area contributed by atoms with Crippen molar-refractivity contribution in [2.24, 2.45) is 0 Å². The van der Waals surface area contributed by atoms with Crippen LogP contribution in [0.25, 0.3) is 10.9 Å². The summed E-state index contributed by atoms with van der Waals surface area (Å²) in [6.07, 6.45) is 0.891. The molecule has 0 aliphatic carbocycles. The first-order valence-corrected chi connectivity index (χ1v) is 8.31. The van der Waals surface area contributed by atoms with Gasteiger partial charge in [-0.25, -0.2) is 4.98 Å². The summed E-state index contributed by atoms with van der Waals surface area (Å²) in [6, 6.07) is 7.44. The molecular weight excluding hydrogens is 304 g/mol. The van der Waals surface area contributed by atoms with E-state index in [1.54, 1.807) is 6.07 Å². The molecule has 7 heteroatoms. The predicted molar refractivity (Wildman–Crippen MR) is 90.6 cm³/mol. The van der Waals surface area contributed by atoms with Crippen LogP contribution in [-0.4, -0.2) is 36.2 Å². The molecule has 4 rings (SSSR count). The fourth-order valence-corrected chi connectivity index (χ4v) is 3.30. The average molecular weight is 324 g/mol. The second kappa shape index (κ2) is 5.83. The van der Waals surface area contributed by atoms with Crippen LogP contribution in [-0.2, 0) is 19.5 Å². The zero-order chi connectivity index (χ0) is 16.7. The van der Waals surface area contributed by atoms with Gasteiger partial charge in [0.05, 0.1) is 23.5 Å². The van der Waals surface area contributed by atoms with Gasteiger partial charge < -0.3 is 9.55 Å². The predicted octanol–water partition coefficient (Wildman–Crippen LogP) is 1.65. The van der Waals surface area contributed by atoms with Gasteiger partial charge in [-0.1, -0.05) is 19.1 Å². The second-order valence-electron chi connectivity index (χ2n) is 6.15. The zero-order valence-electron chi connectivity index (χ0n) is 13.9. The van der Waals surface area contributed by atoms with E-state index in [1.807, 2.05) is 18.2 Å². The lowest BCUT2D eigenvalue weighted by atomic mass is 10.2. The molecule has 0 spiro atoms. The number of H-pyrrole nitrogens is 1. The van der Waals surface area contributed by atoms with Crippen LogP contribution in [0, 0.1) is 0 Å². The Labute approximate surface area is 139 Å². The summed E-state index contributed by atoms with van der Waals surface area (Å²) in [5.74, 6) is 2.71. The molecule has 0 saturated carbocycles. The minimum absolute atomic E-state index is 0.0119. The van der Waals surface area contributed by atoms with Gasteiger partial charge in [0, 0.05) is 19.5 Å². The summed E-state index contributed by atoms with van der Waals surface area (Å²) in [7, 11) is 0. The molecule has 3 aromatic rings. The van der Waals surface area contributed by atoms with Gasteiger partial charge in [-0.3, -0.25) is 9.69 Å². The summed E-state index contributed by atoms with van der Waals surface area (Å²) < 4.78 is 2.19. The van der Waals surface area contributed by atoms with E-state index in [0.29, 0.717) is 17.8 Å². The van der Waals surface area contributed by atoms with Gasteiger partial charge in [0.15, 0.2) is 0 Å². The number of fused-ring (bicyclic) bond motifs is 2. The van der Waals surface area contributed by atoms with Crippen LogP contribution in [0.3, 0.4) is 0 Å². The Balaban J connectivity index is 1.65. The molecule has 0 bridgehead atoms. The van der Waals surface area contributed by atoms with E-state index in [1.165, 1.54) is 0 Å². The molecule has 2 aromatic heterocycles. The topological polar surface area (TPSA) is 79.7 Å². The van der Waals surface area contributed by atoms with Crippen molar-refractivity contribution < 1.29 is 0 Å². The Morgan fingerprint density at radius 2 is 2.08 bits per heavy atom. The summed E-state index contributed by atoms with van der Waals surface area (Å²) in [4.78, 5) is 22.1. The number of nitrogens with zero attached hydrogens (tertiary/aromatic N) is 5. The van der Waals surface area contributed by atoms with E-state index < -0.39 is 0 Å². The number of aryl methyl sites for hydroxylation is 1. The van der Waals surface area contributed by atoms with Crippen LogP contribution in [0.4, 0.5) is 0 Å².